The molecule has 1 saturated heterocycles. The minimum atomic E-state index is -0.00406. The van der Waals surface area contributed by atoms with Gasteiger partial charge >= 0.3 is 0 Å². The molecule has 1 heterocycles. The standard InChI is InChI=1S/C15H27N3/c1-14(2,3)18-10-6-13(7-11-18)17(5)12-15(16-4)8-9-15/h13H,6-12H2,1-3,5H3. The Balaban J connectivity index is 1.81. The van der Waals surface area contributed by atoms with E-state index >= 15 is 0 Å². The fourth-order valence-electron chi connectivity index (χ4n) is 3.02. The monoisotopic (exact) mass is 249 g/mol. The van der Waals surface area contributed by atoms with Gasteiger partial charge in [-0.15, -0.1) is 0 Å². The van der Waals surface area contributed by atoms with Crippen molar-refractivity contribution in [1.82, 2.24) is 9.80 Å². The Hall–Kier alpha value is -0.590. The predicted octanol–water partition coefficient (Wildman–Crippen LogP) is 2.63. The molecule has 2 rings (SSSR count). The minimum Gasteiger partial charge on any atom is -0.309 e. The summed E-state index contributed by atoms with van der Waals surface area (Å²) in [5.41, 5.74) is 0.299. The molecule has 0 atom stereocenters. The largest absolute Gasteiger partial charge is 0.309 e. The van der Waals surface area contributed by atoms with Gasteiger partial charge in [-0.25, -0.2) is 6.57 Å². The van der Waals surface area contributed by atoms with Crippen molar-refractivity contribution in [3.63, 3.8) is 0 Å². The third kappa shape index (κ3) is 3.05. The van der Waals surface area contributed by atoms with E-state index in [-0.39, 0.29) is 5.54 Å². The molecule has 1 aliphatic heterocycles. The van der Waals surface area contributed by atoms with E-state index in [1.54, 1.807) is 0 Å². The zero-order valence-corrected chi connectivity index (χ0v) is 12.4. The van der Waals surface area contributed by atoms with E-state index in [0.29, 0.717) is 11.6 Å². The molecule has 0 aromatic carbocycles. The van der Waals surface area contributed by atoms with Gasteiger partial charge in [-0.2, -0.15) is 0 Å². The third-order valence-electron chi connectivity index (χ3n) is 4.64. The van der Waals surface area contributed by atoms with Gasteiger partial charge in [0.2, 0.25) is 5.54 Å². The van der Waals surface area contributed by atoms with Gasteiger partial charge in [0, 0.05) is 37.5 Å². The summed E-state index contributed by atoms with van der Waals surface area (Å²) in [6.45, 7) is 17.6. The lowest BCUT2D eigenvalue weighted by Gasteiger charge is -2.43. The number of nitrogens with zero attached hydrogens (tertiary/aromatic N) is 3. The smallest absolute Gasteiger partial charge is 0.245 e. The van der Waals surface area contributed by atoms with Gasteiger partial charge in [0.15, 0.2) is 0 Å². The second kappa shape index (κ2) is 4.83. The Morgan fingerprint density at radius 3 is 2.22 bits per heavy atom. The van der Waals surface area contributed by atoms with Gasteiger partial charge < -0.3 is 4.85 Å². The number of piperidine rings is 1. The van der Waals surface area contributed by atoms with Crippen molar-refractivity contribution in [3.8, 4) is 0 Å². The molecule has 1 saturated carbocycles. The molecule has 0 spiro atoms. The molecule has 3 heteroatoms. The van der Waals surface area contributed by atoms with E-state index in [9.17, 15) is 0 Å². The van der Waals surface area contributed by atoms with Crippen molar-refractivity contribution in [1.29, 1.82) is 0 Å². The SMILES string of the molecule is [C-]#[N+]C1(CN(C)C2CCN(C(C)(C)C)CC2)CC1. The maximum absolute atomic E-state index is 7.28. The highest BCUT2D eigenvalue weighted by Crippen LogP contribution is 2.41. The Labute approximate surface area is 112 Å². The van der Waals surface area contributed by atoms with Crippen molar-refractivity contribution in [2.45, 2.75) is 63.6 Å². The van der Waals surface area contributed by atoms with E-state index in [1.807, 2.05) is 0 Å². The number of rotatable bonds is 3. The molecular formula is C15H27N3. The molecule has 2 aliphatic rings. The quantitative estimate of drug-likeness (QED) is 0.712. The first-order chi connectivity index (χ1) is 8.36. The van der Waals surface area contributed by atoms with Gasteiger partial charge in [-0.05, 0) is 40.7 Å². The summed E-state index contributed by atoms with van der Waals surface area (Å²) in [6, 6.07) is 0.683. The van der Waals surface area contributed by atoms with Gasteiger partial charge in [0.1, 0.15) is 0 Å². The summed E-state index contributed by atoms with van der Waals surface area (Å²) < 4.78 is 0. The zero-order chi connectivity index (χ0) is 13.4. The molecular weight excluding hydrogens is 222 g/mol. The average molecular weight is 249 g/mol. The lowest BCUT2D eigenvalue weighted by Crippen LogP contribution is -2.51. The summed E-state index contributed by atoms with van der Waals surface area (Å²) in [6.07, 6.45) is 4.73. The van der Waals surface area contributed by atoms with Crippen LogP contribution in [-0.4, -0.2) is 53.6 Å². The van der Waals surface area contributed by atoms with Crippen LogP contribution in [0.3, 0.4) is 0 Å². The summed E-state index contributed by atoms with van der Waals surface area (Å²) >= 11 is 0. The van der Waals surface area contributed by atoms with Crippen LogP contribution in [-0.2, 0) is 0 Å². The molecule has 0 aromatic heterocycles. The van der Waals surface area contributed by atoms with Crippen molar-refractivity contribution >= 4 is 0 Å². The maximum Gasteiger partial charge on any atom is 0.245 e. The van der Waals surface area contributed by atoms with E-state index in [0.717, 1.165) is 19.4 Å². The molecule has 0 radical (unpaired) electrons. The molecule has 3 nitrogen and oxygen atoms in total. The highest BCUT2D eigenvalue weighted by atomic mass is 15.2. The summed E-state index contributed by atoms with van der Waals surface area (Å²) in [5, 5.41) is 0. The first-order valence-corrected chi connectivity index (χ1v) is 7.20. The number of hydrogen-bond acceptors (Lipinski definition) is 2. The first-order valence-electron chi connectivity index (χ1n) is 7.20. The van der Waals surface area contributed by atoms with Gasteiger partial charge in [0.05, 0.1) is 6.54 Å². The van der Waals surface area contributed by atoms with Crippen molar-refractivity contribution in [3.05, 3.63) is 11.4 Å². The van der Waals surface area contributed by atoms with Crippen molar-refractivity contribution in [2.24, 2.45) is 0 Å². The fourth-order valence-corrected chi connectivity index (χ4v) is 3.02. The third-order valence-corrected chi connectivity index (χ3v) is 4.64. The summed E-state index contributed by atoms with van der Waals surface area (Å²) in [7, 11) is 2.21. The maximum atomic E-state index is 7.28. The van der Waals surface area contributed by atoms with Crippen LogP contribution in [0.2, 0.25) is 0 Å². The fraction of sp³-hybridized carbons (Fsp3) is 0.933. The van der Waals surface area contributed by atoms with Crippen LogP contribution < -0.4 is 0 Å². The molecule has 0 bridgehead atoms. The minimum absolute atomic E-state index is 0.00406. The number of likely N-dealkylation sites (tertiary alicyclic amines) is 1. The Bertz CT molecular complexity index is 325. The van der Waals surface area contributed by atoms with Crippen LogP contribution >= 0.6 is 0 Å². The molecule has 18 heavy (non-hydrogen) atoms. The number of hydrogen-bond donors (Lipinski definition) is 0. The van der Waals surface area contributed by atoms with Crippen LogP contribution in [0.5, 0.6) is 0 Å². The van der Waals surface area contributed by atoms with Crippen LogP contribution in [0.15, 0.2) is 0 Å². The van der Waals surface area contributed by atoms with E-state index < -0.39 is 0 Å². The van der Waals surface area contributed by atoms with Gasteiger partial charge in [-0.3, -0.25) is 9.80 Å². The topological polar surface area (TPSA) is 10.8 Å². The van der Waals surface area contributed by atoms with Crippen molar-refractivity contribution in [2.75, 3.05) is 26.7 Å². The second-order valence-electron chi connectivity index (χ2n) is 7.14. The average Bonchev–Trinajstić information content (AvgIpc) is 3.08. The Kier molecular flexibility index (Phi) is 3.71. The van der Waals surface area contributed by atoms with Gasteiger partial charge in [0.25, 0.3) is 0 Å². The van der Waals surface area contributed by atoms with Crippen LogP contribution in [0, 0.1) is 6.57 Å². The molecule has 1 aliphatic carbocycles. The first kappa shape index (κ1) is 13.8. The highest BCUT2D eigenvalue weighted by Gasteiger charge is 2.52. The normalized spacial score (nSPS) is 25.1. The van der Waals surface area contributed by atoms with E-state index in [2.05, 4.69) is 42.5 Å². The molecule has 0 N–H and O–H groups in total. The lowest BCUT2D eigenvalue weighted by atomic mass is 9.97. The van der Waals surface area contributed by atoms with Crippen LogP contribution in [0.4, 0.5) is 0 Å². The lowest BCUT2D eigenvalue weighted by molar-refractivity contribution is 0.0640. The zero-order valence-electron chi connectivity index (χ0n) is 12.4. The molecule has 0 aromatic rings. The molecule has 0 amide bonds. The number of likely N-dealkylation sites (N-methyl/N-ethyl adjacent to an activating group) is 1. The van der Waals surface area contributed by atoms with E-state index in [4.69, 9.17) is 6.57 Å². The van der Waals surface area contributed by atoms with E-state index in [1.165, 1.54) is 25.9 Å². The van der Waals surface area contributed by atoms with Gasteiger partial charge in [-0.1, -0.05) is 0 Å². The van der Waals surface area contributed by atoms with Crippen LogP contribution in [0.25, 0.3) is 4.85 Å². The molecule has 2 fully saturated rings. The predicted molar refractivity (Wildman–Crippen MR) is 75.5 cm³/mol. The molecule has 0 unspecified atom stereocenters. The van der Waals surface area contributed by atoms with Crippen LogP contribution in [0.1, 0.15) is 46.5 Å². The second-order valence-corrected chi connectivity index (χ2v) is 7.14. The highest BCUT2D eigenvalue weighted by molar-refractivity contribution is 5.13. The Morgan fingerprint density at radius 2 is 1.83 bits per heavy atom. The summed E-state index contributed by atoms with van der Waals surface area (Å²) in [5.74, 6) is 0. The Morgan fingerprint density at radius 1 is 1.28 bits per heavy atom. The molecule has 102 valence electrons. The summed E-state index contributed by atoms with van der Waals surface area (Å²) in [4.78, 5) is 8.85. The van der Waals surface area contributed by atoms with Crippen molar-refractivity contribution < 1.29 is 0 Å².